The Labute approximate surface area is 178 Å². The van der Waals surface area contributed by atoms with E-state index >= 15 is 0 Å². The fourth-order valence-electron chi connectivity index (χ4n) is 3.24. The second-order valence-corrected chi connectivity index (χ2v) is 8.97. The molecule has 0 bridgehead atoms. The maximum atomic E-state index is 12.9. The Morgan fingerprint density at radius 1 is 1.17 bits per heavy atom. The topological polar surface area (TPSA) is 73.9 Å². The maximum Gasteiger partial charge on any atom is 0.255 e. The van der Waals surface area contributed by atoms with Crippen molar-refractivity contribution in [3.05, 3.63) is 71.5 Å². The van der Waals surface area contributed by atoms with E-state index in [1.54, 1.807) is 0 Å². The van der Waals surface area contributed by atoms with Crippen LogP contribution in [0.2, 0.25) is 0 Å². The number of benzene rings is 2. The third kappa shape index (κ3) is 5.62. The largest absolute Gasteiger partial charge is 0.322 e. The predicted octanol–water partition coefficient (Wildman–Crippen LogP) is 3.90. The number of anilines is 1. The van der Waals surface area contributed by atoms with Gasteiger partial charge in [0.1, 0.15) is 6.33 Å². The average Bonchev–Trinajstić information content (AvgIpc) is 3.27. The van der Waals surface area contributed by atoms with Crippen LogP contribution in [-0.2, 0) is 12.3 Å². The Kier molecular flexibility index (Phi) is 6.87. The zero-order valence-corrected chi connectivity index (χ0v) is 17.6. The molecule has 0 saturated carbocycles. The van der Waals surface area contributed by atoms with Gasteiger partial charge >= 0.3 is 0 Å². The highest BCUT2D eigenvalue weighted by molar-refractivity contribution is 7.99. The van der Waals surface area contributed by atoms with Crippen molar-refractivity contribution in [3.8, 4) is 0 Å². The maximum absolute atomic E-state index is 12.9. The van der Waals surface area contributed by atoms with Gasteiger partial charge in [-0.25, -0.2) is 4.98 Å². The van der Waals surface area contributed by atoms with Crippen molar-refractivity contribution < 1.29 is 4.79 Å². The molecule has 3 aromatic rings. The van der Waals surface area contributed by atoms with Crippen molar-refractivity contribution in [2.45, 2.75) is 17.5 Å². The first-order valence-electron chi connectivity index (χ1n) is 9.54. The van der Waals surface area contributed by atoms with Gasteiger partial charge in [0.05, 0.1) is 0 Å². The van der Waals surface area contributed by atoms with Crippen LogP contribution < -0.4 is 5.32 Å². The van der Waals surface area contributed by atoms with E-state index < -0.39 is 0 Å². The molecule has 1 saturated heterocycles. The molecule has 0 atom stereocenters. The van der Waals surface area contributed by atoms with Gasteiger partial charge in [-0.1, -0.05) is 42.1 Å². The van der Waals surface area contributed by atoms with Crippen LogP contribution in [0.25, 0.3) is 0 Å². The Balaban J connectivity index is 1.42. The van der Waals surface area contributed by atoms with E-state index in [4.69, 9.17) is 0 Å². The molecule has 1 aliphatic heterocycles. The highest BCUT2D eigenvalue weighted by atomic mass is 32.2. The van der Waals surface area contributed by atoms with Gasteiger partial charge in [0.2, 0.25) is 0 Å². The minimum atomic E-state index is -0.0923. The standard InChI is InChI=1S/C21H23N5OS2/c27-20(19-7-2-1-5-17(19)14-29-21-22-15-23-25-21)24-18-6-3-4-16(12-18)13-26-8-10-28-11-9-26/h1-7,12,15H,8-11,13-14H2,(H,24,27)(H,22,23,25). The van der Waals surface area contributed by atoms with E-state index in [2.05, 4.69) is 37.5 Å². The molecule has 2 heterocycles. The quantitative estimate of drug-likeness (QED) is 0.560. The van der Waals surface area contributed by atoms with Gasteiger partial charge in [-0.15, -0.1) is 0 Å². The average molecular weight is 426 g/mol. The number of hydrogen-bond donors (Lipinski definition) is 2. The van der Waals surface area contributed by atoms with Crippen LogP contribution in [0.15, 0.2) is 60.0 Å². The number of hydrogen-bond acceptors (Lipinski definition) is 6. The molecule has 8 heteroatoms. The van der Waals surface area contributed by atoms with Crippen LogP contribution in [0.4, 0.5) is 5.69 Å². The summed E-state index contributed by atoms with van der Waals surface area (Å²) in [6, 6.07) is 15.8. The van der Waals surface area contributed by atoms with Crippen molar-refractivity contribution in [1.82, 2.24) is 20.1 Å². The summed E-state index contributed by atoms with van der Waals surface area (Å²) in [7, 11) is 0. The van der Waals surface area contributed by atoms with Crippen LogP contribution in [0.5, 0.6) is 0 Å². The van der Waals surface area contributed by atoms with Gasteiger partial charge in [0, 0.05) is 48.1 Å². The minimum absolute atomic E-state index is 0.0923. The van der Waals surface area contributed by atoms with Crippen LogP contribution >= 0.6 is 23.5 Å². The molecule has 2 aromatic carbocycles. The Bertz CT molecular complexity index is 942. The Hall–Kier alpha value is -2.29. The highest BCUT2D eigenvalue weighted by Gasteiger charge is 2.14. The number of carbonyl (C=O) groups is 1. The van der Waals surface area contributed by atoms with Gasteiger partial charge in [-0.3, -0.25) is 14.8 Å². The lowest BCUT2D eigenvalue weighted by atomic mass is 10.1. The van der Waals surface area contributed by atoms with Crippen molar-refractivity contribution in [1.29, 1.82) is 0 Å². The highest BCUT2D eigenvalue weighted by Crippen LogP contribution is 2.22. The van der Waals surface area contributed by atoms with Crippen molar-refractivity contribution in [2.75, 3.05) is 29.9 Å². The number of nitrogens with zero attached hydrogens (tertiary/aromatic N) is 3. The van der Waals surface area contributed by atoms with Crippen LogP contribution in [-0.4, -0.2) is 50.6 Å². The van der Waals surface area contributed by atoms with Gasteiger partial charge in [0.15, 0.2) is 5.16 Å². The van der Waals surface area contributed by atoms with E-state index in [-0.39, 0.29) is 5.91 Å². The first-order chi connectivity index (χ1) is 14.3. The number of carbonyl (C=O) groups excluding carboxylic acids is 1. The summed E-state index contributed by atoms with van der Waals surface area (Å²) in [6.07, 6.45) is 1.48. The fraction of sp³-hybridized carbons (Fsp3) is 0.286. The van der Waals surface area contributed by atoms with Gasteiger partial charge in [0.25, 0.3) is 5.91 Å². The molecule has 2 N–H and O–H groups in total. The molecule has 0 aliphatic carbocycles. The van der Waals surface area contributed by atoms with E-state index in [1.165, 1.54) is 35.2 Å². The fourth-order valence-corrected chi connectivity index (χ4v) is 5.00. The van der Waals surface area contributed by atoms with E-state index in [0.29, 0.717) is 11.3 Å². The third-order valence-corrected chi connectivity index (χ3v) is 6.58. The summed E-state index contributed by atoms with van der Waals surface area (Å²) in [5.41, 5.74) is 3.70. The lowest BCUT2D eigenvalue weighted by Gasteiger charge is -2.26. The first-order valence-corrected chi connectivity index (χ1v) is 11.7. The van der Waals surface area contributed by atoms with E-state index in [1.807, 2.05) is 48.2 Å². The SMILES string of the molecule is O=C(Nc1cccc(CN2CCSCC2)c1)c1ccccc1CSc1ncn[nH]1. The number of thioether (sulfide) groups is 2. The van der Waals surface area contributed by atoms with Crippen molar-refractivity contribution in [3.63, 3.8) is 0 Å². The number of aromatic amines is 1. The zero-order chi connectivity index (χ0) is 19.9. The normalized spacial score (nSPS) is 14.6. The van der Waals surface area contributed by atoms with Gasteiger partial charge in [-0.05, 0) is 29.3 Å². The molecular weight excluding hydrogens is 402 g/mol. The monoisotopic (exact) mass is 425 g/mol. The molecule has 1 fully saturated rings. The smallest absolute Gasteiger partial charge is 0.255 e. The summed E-state index contributed by atoms with van der Waals surface area (Å²) in [5.74, 6) is 2.94. The number of amides is 1. The molecule has 6 nitrogen and oxygen atoms in total. The molecule has 1 aromatic heterocycles. The second kappa shape index (κ2) is 9.96. The minimum Gasteiger partial charge on any atom is -0.322 e. The van der Waals surface area contributed by atoms with Gasteiger partial charge < -0.3 is 5.32 Å². The summed E-state index contributed by atoms with van der Waals surface area (Å²) in [4.78, 5) is 19.5. The molecule has 0 radical (unpaired) electrons. The molecule has 0 spiro atoms. The van der Waals surface area contributed by atoms with Crippen molar-refractivity contribution in [2.24, 2.45) is 0 Å². The van der Waals surface area contributed by atoms with Crippen LogP contribution in [0.1, 0.15) is 21.5 Å². The number of rotatable bonds is 7. The van der Waals surface area contributed by atoms with Crippen molar-refractivity contribution >= 4 is 35.1 Å². The number of H-pyrrole nitrogens is 1. The van der Waals surface area contributed by atoms with Crippen LogP contribution in [0, 0.1) is 0 Å². The van der Waals surface area contributed by atoms with E-state index in [9.17, 15) is 4.79 Å². The summed E-state index contributed by atoms with van der Waals surface area (Å²) >= 11 is 3.54. The molecule has 1 amide bonds. The second-order valence-electron chi connectivity index (χ2n) is 6.78. The third-order valence-electron chi connectivity index (χ3n) is 4.71. The summed E-state index contributed by atoms with van der Waals surface area (Å²) < 4.78 is 0. The Morgan fingerprint density at radius 2 is 2.03 bits per heavy atom. The number of nitrogens with one attached hydrogen (secondary N) is 2. The van der Waals surface area contributed by atoms with Gasteiger partial charge in [-0.2, -0.15) is 16.9 Å². The number of aromatic nitrogens is 3. The molecule has 4 rings (SSSR count). The molecule has 0 unspecified atom stereocenters. The lowest BCUT2D eigenvalue weighted by Crippen LogP contribution is -2.31. The lowest BCUT2D eigenvalue weighted by molar-refractivity contribution is 0.102. The molecule has 150 valence electrons. The molecule has 29 heavy (non-hydrogen) atoms. The first kappa shape index (κ1) is 20.0. The molecule has 1 aliphatic rings. The molecular formula is C21H23N5OS2. The summed E-state index contributed by atoms with van der Waals surface area (Å²) in [6.45, 7) is 3.17. The van der Waals surface area contributed by atoms with E-state index in [0.717, 1.165) is 36.0 Å². The summed E-state index contributed by atoms with van der Waals surface area (Å²) in [5, 5.41) is 10.5. The zero-order valence-electron chi connectivity index (χ0n) is 16.0. The van der Waals surface area contributed by atoms with Crippen LogP contribution in [0.3, 0.4) is 0 Å². The Morgan fingerprint density at radius 3 is 2.86 bits per heavy atom. The predicted molar refractivity (Wildman–Crippen MR) is 119 cm³/mol.